The van der Waals surface area contributed by atoms with Crippen LogP contribution in [0.3, 0.4) is 0 Å². The van der Waals surface area contributed by atoms with Crippen molar-refractivity contribution in [3.63, 3.8) is 0 Å². The molecule has 1 unspecified atom stereocenters. The van der Waals surface area contributed by atoms with Gasteiger partial charge in [-0.1, -0.05) is 0 Å². The molecule has 0 aliphatic carbocycles. The highest BCUT2D eigenvalue weighted by Gasteiger charge is 2.12. The smallest absolute Gasteiger partial charge is 0.246 e. The maximum atomic E-state index is 12.2. The number of anilines is 2. The first kappa shape index (κ1) is 16.7. The number of carbonyl (C=O) groups is 1. The predicted molar refractivity (Wildman–Crippen MR) is 92.3 cm³/mol. The monoisotopic (exact) mass is 314 g/mol. The average molecular weight is 314 g/mol. The maximum Gasteiger partial charge on any atom is 0.246 e. The molecule has 0 aliphatic rings. The fourth-order valence-electron chi connectivity index (χ4n) is 2.05. The summed E-state index contributed by atoms with van der Waals surface area (Å²) >= 11 is 0. The van der Waals surface area contributed by atoms with Crippen LogP contribution in [-0.2, 0) is 4.79 Å². The zero-order valence-corrected chi connectivity index (χ0v) is 13.6. The minimum Gasteiger partial charge on any atom is -0.497 e. The molecule has 2 aromatic rings. The lowest BCUT2D eigenvalue weighted by atomic mass is 10.2. The normalized spacial score (nSPS) is 11.4. The van der Waals surface area contributed by atoms with Gasteiger partial charge in [-0.3, -0.25) is 4.79 Å². The number of carbonyl (C=O) groups excluding carboxylic acids is 1. The molecule has 0 spiro atoms. The molecule has 0 heterocycles. The lowest BCUT2D eigenvalue weighted by molar-refractivity contribution is -0.116. The third kappa shape index (κ3) is 4.92. The highest BCUT2D eigenvalue weighted by Crippen LogP contribution is 2.18. The first-order valence-electron chi connectivity index (χ1n) is 7.56. The van der Waals surface area contributed by atoms with Crippen molar-refractivity contribution in [2.75, 3.05) is 24.4 Å². The van der Waals surface area contributed by atoms with Gasteiger partial charge in [0.15, 0.2) is 0 Å². The SMILES string of the molecule is CCOc1ccc(NC(=O)C(C)Nc2ccc(OC)cc2)cc1. The summed E-state index contributed by atoms with van der Waals surface area (Å²) in [4.78, 5) is 12.2. The third-order valence-corrected chi connectivity index (χ3v) is 3.30. The van der Waals surface area contributed by atoms with Gasteiger partial charge in [0.05, 0.1) is 13.7 Å². The van der Waals surface area contributed by atoms with Gasteiger partial charge in [-0.25, -0.2) is 0 Å². The van der Waals surface area contributed by atoms with Crippen LogP contribution in [0.1, 0.15) is 13.8 Å². The Morgan fingerprint density at radius 3 is 2.13 bits per heavy atom. The molecule has 2 N–H and O–H groups in total. The van der Waals surface area contributed by atoms with Crippen LogP contribution in [-0.4, -0.2) is 25.7 Å². The molecule has 1 amide bonds. The van der Waals surface area contributed by atoms with Crippen LogP contribution < -0.4 is 20.1 Å². The predicted octanol–water partition coefficient (Wildman–Crippen LogP) is 3.53. The summed E-state index contributed by atoms with van der Waals surface area (Å²) < 4.78 is 10.5. The average Bonchev–Trinajstić information content (AvgIpc) is 2.57. The lowest BCUT2D eigenvalue weighted by Gasteiger charge is -2.15. The van der Waals surface area contributed by atoms with Gasteiger partial charge in [-0.15, -0.1) is 0 Å². The molecule has 0 fully saturated rings. The number of ether oxygens (including phenoxy) is 2. The maximum absolute atomic E-state index is 12.2. The van der Waals surface area contributed by atoms with Crippen molar-refractivity contribution in [1.29, 1.82) is 0 Å². The van der Waals surface area contributed by atoms with Gasteiger partial charge < -0.3 is 20.1 Å². The first-order chi connectivity index (χ1) is 11.1. The Balaban J connectivity index is 1.90. The zero-order valence-electron chi connectivity index (χ0n) is 13.6. The Morgan fingerprint density at radius 1 is 1.00 bits per heavy atom. The fourth-order valence-corrected chi connectivity index (χ4v) is 2.05. The summed E-state index contributed by atoms with van der Waals surface area (Å²) in [6.07, 6.45) is 0. The molecule has 5 heteroatoms. The van der Waals surface area contributed by atoms with Crippen molar-refractivity contribution in [3.8, 4) is 11.5 Å². The number of methoxy groups -OCH3 is 1. The molecule has 23 heavy (non-hydrogen) atoms. The van der Waals surface area contributed by atoms with Crippen LogP contribution in [0.25, 0.3) is 0 Å². The second kappa shape index (κ2) is 8.08. The quantitative estimate of drug-likeness (QED) is 0.821. The molecular weight excluding hydrogens is 292 g/mol. The van der Waals surface area contributed by atoms with E-state index in [4.69, 9.17) is 9.47 Å². The molecule has 0 saturated carbocycles. The second-order valence-corrected chi connectivity index (χ2v) is 5.04. The molecular formula is C18H22N2O3. The lowest BCUT2D eigenvalue weighted by Crippen LogP contribution is -2.31. The van der Waals surface area contributed by atoms with Gasteiger partial charge in [0.2, 0.25) is 5.91 Å². The minimum atomic E-state index is -0.366. The Bertz CT molecular complexity index is 624. The largest absolute Gasteiger partial charge is 0.497 e. The molecule has 0 saturated heterocycles. The van der Waals surface area contributed by atoms with Gasteiger partial charge in [0.25, 0.3) is 0 Å². The molecule has 1 atom stereocenters. The Labute approximate surface area is 136 Å². The Hall–Kier alpha value is -2.69. The topological polar surface area (TPSA) is 59.6 Å². The molecule has 122 valence electrons. The summed E-state index contributed by atoms with van der Waals surface area (Å²) in [6, 6.07) is 14.4. The van der Waals surface area contributed by atoms with Gasteiger partial charge >= 0.3 is 0 Å². The van der Waals surface area contributed by atoms with Gasteiger partial charge in [-0.05, 0) is 62.4 Å². The van der Waals surface area contributed by atoms with Crippen LogP contribution in [0, 0.1) is 0 Å². The van der Waals surface area contributed by atoms with Crippen LogP contribution in [0.4, 0.5) is 11.4 Å². The van der Waals surface area contributed by atoms with Gasteiger partial charge in [0.1, 0.15) is 17.5 Å². The van der Waals surface area contributed by atoms with Gasteiger partial charge in [0, 0.05) is 11.4 Å². The van der Waals surface area contributed by atoms with Crippen molar-refractivity contribution in [2.24, 2.45) is 0 Å². The standard InChI is InChI=1S/C18H22N2O3/c1-4-23-17-11-7-15(8-12-17)20-18(21)13(2)19-14-5-9-16(22-3)10-6-14/h5-13,19H,4H2,1-3H3,(H,20,21). The van der Waals surface area contributed by atoms with Crippen molar-refractivity contribution in [1.82, 2.24) is 0 Å². The van der Waals surface area contributed by atoms with Crippen molar-refractivity contribution in [3.05, 3.63) is 48.5 Å². The van der Waals surface area contributed by atoms with E-state index in [-0.39, 0.29) is 11.9 Å². The molecule has 2 aromatic carbocycles. The van der Waals surface area contributed by atoms with E-state index in [0.29, 0.717) is 6.61 Å². The van der Waals surface area contributed by atoms with E-state index in [2.05, 4.69) is 10.6 Å². The molecule has 0 aromatic heterocycles. The van der Waals surface area contributed by atoms with Crippen molar-refractivity contribution < 1.29 is 14.3 Å². The highest BCUT2D eigenvalue weighted by atomic mass is 16.5. The summed E-state index contributed by atoms with van der Waals surface area (Å²) in [5.74, 6) is 1.46. The summed E-state index contributed by atoms with van der Waals surface area (Å²) in [5.41, 5.74) is 1.60. The summed E-state index contributed by atoms with van der Waals surface area (Å²) in [7, 11) is 1.62. The molecule has 0 bridgehead atoms. The van der Waals surface area contributed by atoms with Crippen LogP contribution >= 0.6 is 0 Å². The number of amides is 1. The van der Waals surface area contributed by atoms with E-state index in [1.165, 1.54) is 0 Å². The third-order valence-electron chi connectivity index (χ3n) is 3.30. The summed E-state index contributed by atoms with van der Waals surface area (Å²) in [5, 5.41) is 6.02. The second-order valence-electron chi connectivity index (χ2n) is 5.04. The summed E-state index contributed by atoms with van der Waals surface area (Å²) in [6.45, 7) is 4.37. The van der Waals surface area contributed by atoms with Crippen molar-refractivity contribution >= 4 is 17.3 Å². The highest BCUT2D eigenvalue weighted by molar-refractivity contribution is 5.96. The number of rotatable bonds is 7. The minimum absolute atomic E-state index is 0.107. The van der Waals surface area contributed by atoms with Crippen LogP contribution in [0.5, 0.6) is 11.5 Å². The number of hydrogen-bond donors (Lipinski definition) is 2. The molecule has 5 nitrogen and oxygen atoms in total. The molecule has 0 radical (unpaired) electrons. The van der Waals surface area contributed by atoms with E-state index in [1.807, 2.05) is 62.4 Å². The Morgan fingerprint density at radius 2 is 1.57 bits per heavy atom. The number of hydrogen-bond acceptors (Lipinski definition) is 4. The van der Waals surface area contributed by atoms with E-state index < -0.39 is 0 Å². The van der Waals surface area contributed by atoms with Crippen LogP contribution in [0.15, 0.2) is 48.5 Å². The van der Waals surface area contributed by atoms with Gasteiger partial charge in [-0.2, -0.15) is 0 Å². The van der Waals surface area contributed by atoms with Crippen LogP contribution in [0.2, 0.25) is 0 Å². The van der Waals surface area contributed by atoms with E-state index >= 15 is 0 Å². The van der Waals surface area contributed by atoms with E-state index in [9.17, 15) is 4.79 Å². The van der Waals surface area contributed by atoms with Crippen molar-refractivity contribution in [2.45, 2.75) is 19.9 Å². The molecule has 0 aliphatic heterocycles. The van der Waals surface area contributed by atoms with E-state index in [1.54, 1.807) is 7.11 Å². The first-order valence-corrected chi connectivity index (χ1v) is 7.56. The fraction of sp³-hybridized carbons (Fsp3) is 0.278. The zero-order chi connectivity index (χ0) is 16.7. The Kier molecular flexibility index (Phi) is 5.86. The number of nitrogens with one attached hydrogen (secondary N) is 2. The number of benzene rings is 2. The molecule has 2 rings (SSSR count). The van der Waals surface area contributed by atoms with E-state index in [0.717, 1.165) is 22.9 Å².